The Morgan fingerprint density at radius 2 is 1.91 bits per heavy atom. The van der Waals surface area contributed by atoms with Gasteiger partial charge in [-0.2, -0.15) is 0 Å². The summed E-state index contributed by atoms with van der Waals surface area (Å²) >= 11 is 5.84. The number of fused-ring (bicyclic) bond motifs is 1. The first kappa shape index (κ1) is 15.6. The quantitative estimate of drug-likeness (QED) is 0.698. The van der Waals surface area contributed by atoms with Crippen molar-refractivity contribution in [3.8, 4) is 0 Å². The van der Waals surface area contributed by atoms with Gasteiger partial charge in [-0.1, -0.05) is 31.5 Å². The molecule has 4 heteroatoms. The first-order valence-electron chi connectivity index (χ1n) is 7.58. The van der Waals surface area contributed by atoms with Gasteiger partial charge in [0, 0.05) is 21.7 Å². The maximum Gasteiger partial charge on any atom is 0.228 e. The molecule has 118 valence electrons. The first-order valence-corrected chi connectivity index (χ1v) is 7.96. The molecular formula is C19H18ClNO2. The molecule has 0 fully saturated rings. The minimum Gasteiger partial charge on any atom is -0.464 e. The summed E-state index contributed by atoms with van der Waals surface area (Å²) in [6, 6.07) is 13.2. The normalized spacial score (nSPS) is 11.1. The third kappa shape index (κ3) is 3.57. The predicted octanol–water partition coefficient (Wildman–Crippen LogP) is 5.39. The molecule has 2 aromatic carbocycles. The van der Waals surface area contributed by atoms with Crippen LogP contribution in [-0.2, 0) is 11.2 Å². The van der Waals surface area contributed by atoms with Crippen LogP contribution in [0, 0.1) is 0 Å². The molecule has 3 nitrogen and oxygen atoms in total. The van der Waals surface area contributed by atoms with Gasteiger partial charge in [0.05, 0.1) is 12.7 Å². The second kappa shape index (κ2) is 6.47. The van der Waals surface area contributed by atoms with Gasteiger partial charge in [0.25, 0.3) is 0 Å². The van der Waals surface area contributed by atoms with Crippen molar-refractivity contribution >= 4 is 34.2 Å². The second-order valence-electron chi connectivity index (χ2n) is 5.90. The smallest absolute Gasteiger partial charge is 0.228 e. The number of hydrogen-bond acceptors (Lipinski definition) is 2. The topological polar surface area (TPSA) is 42.2 Å². The zero-order chi connectivity index (χ0) is 16.4. The average Bonchev–Trinajstić information content (AvgIpc) is 2.92. The number of anilines is 1. The van der Waals surface area contributed by atoms with Crippen LogP contribution in [0.4, 0.5) is 5.69 Å². The molecule has 3 aromatic rings. The van der Waals surface area contributed by atoms with Crippen LogP contribution in [-0.4, -0.2) is 5.91 Å². The van der Waals surface area contributed by atoms with Gasteiger partial charge >= 0.3 is 0 Å². The summed E-state index contributed by atoms with van der Waals surface area (Å²) in [5.74, 6) is 0.356. The van der Waals surface area contributed by atoms with Crippen LogP contribution in [0.2, 0.25) is 5.02 Å². The minimum absolute atomic E-state index is 0.0787. The standard InChI is InChI=1S/C19H18ClNO2/c1-12(2)13-3-8-18-17(9-13)14(11-23-18)10-19(22)21-16-6-4-15(20)5-7-16/h3-9,11-12H,10H2,1-2H3,(H,21,22). The molecule has 23 heavy (non-hydrogen) atoms. The fourth-order valence-electron chi connectivity index (χ4n) is 2.51. The Kier molecular flexibility index (Phi) is 4.39. The third-order valence-electron chi connectivity index (χ3n) is 3.82. The average molecular weight is 328 g/mol. The number of carbonyl (C=O) groups is 1. The number of furan rings is 1. The van der Waals surface area contributed by atoms with Gasteiger partial charge in [0.1, 0.15) is 5.58 Å². The van der Waals surface area contributed by atoms with Gasteiger partial charge in [-0.05, 0) is 47.9 Å². The SMILES string of the molecule is CC(C)c1ccc2occ(CC(=O)Nc3ccc(Cl)cc3)c2c1. The Hall–Kier alpha value is -2.26. The first-order chi connectivity index (χ1) is 11.0. The molecule has 0 atom stereocenters. The highest BCUT2D eigenvalue weighted by Crippen LogP contribution is 2.26. The van der Waals surface area contributed by atoms with Gasteiger partial charge in [-0.3, -0.25) is 4.79 Å². The lowest BCUT2D eigenvalue weighted by molar-refractivity contribution is -0.115. The van der Waals surface area contributed by atoms with E-state index in [2.05, 4.69) is 31.3 Å². The maximum atomic E-state index is 12.2. The number of rotatable bonds is 4. The van der Waals surface area contributed by atoms with Gasteiger partial charge < -0.3 is 9.73 Å². The monoisotopic (exact) mass is 327 g/mol. The Morgan fingerprint density at radius 3 is 2.61 bits per heavy atom. The number of nitrogens with one attached hydrogen (secondary N) is 1. The van der Waals surface area contributed by atoms with Crippen LogP contribution in [0.15, 0.2) is 53.1 Å². The fraction of sp³-hybridized carbons (Fsp3) is 0.211. The van der Waals surface area contributed by atoms with E-state index in [0.29, 0.717) is 10.9 Å². The fourth-order valence-corrected chi connectivity index (χ4v) is 2.63. The molecule has 1 amide bonds. The third-order valence-corrected chi connectivity index (χ3v) is 4.08. The van der Waals surface area contributed by atoms with E-state index in [1.54, 1.807) is 30.5 Å². The van der Waals surface area contributed by atoms with Gasteiger partial charge in [0.2, 0.25) is 5.91 Å². The lowest BCUT2D eigenvalue weighted by Gasteiger charge is -2.06. The van der Waals surface area contributed by atoms with Gasteiger partial charge in [0.15, 0.2) is 0 Å². The molecule has 0 spiro atoms. The molecule has 0 aliphatic carbocycles. The van der Waals surface area contributed by atoms with Crippen molar-refractivity contribution in [3.63, 3.8) is 0 Å². The van der Waals surface area contributed by atoms with Gasteiger partial charge in [-0.15, -0.1) is 0 Å². The van der Waals surface area contributed by atoms with Crippen molar-refractivity contribution in [1.29, 1.82) is 0 Å². The van der Waals surface area contributed by atoms with E-state index < -0.39 is 0 Å². The van der Waals surface area contributed by atoms with Crippen molar-refractivity contribution in [2.24, 2.45) is 0 Å². The number of benzene rings is 2. The van der Waals surface area contributed by atoms with Crippen molar-refractivity contribution < 1.29 is 9.21 Å². The number of halogens is 1. The van der Waals surface area contributed by atoms with Crippen LogP contribution < -0.4 is 5.32 Å². The second-order valence-corrected chi connectivity index (χ2v) is 6.34. The minimum atomic E-state index is -0.0787. The van der Waals surface area contributed by atoms with E-state index in [0.717, 1.165) is 22.2 Å². The summed E-state index contributed by atoms with van der Waals surface area (Å²) in [6.45, 7) is 4.29. The molecule has 0 aliphatic rings. The lowest BCUT2D eigenvalue weighted by Crippen LogP contribution is -2.14. The van der Waals surface area contributed by atoms with E-state index in [1.807, 2.05) is 6.07 Å². The van der Waals surface area contributed by atoms with Crippen LogP contribution >= 0.6 is 11.6 Å². The highest BCUT2D eigenvalue weighted by Gasteiger charge is 2.12. The Balaban J connectivity index is 1.79. The highest BCUT2D eigenvalue weighted by atomic mass is 35.5. The molecule has 1 N–H and O–H groups in total. The van der Waals surface area contributed by atoms with Crippen LogP contribution in [0.3, 0.4) is 0 Å². The summed E-state index contributed by atoms with van der Waals surface area (Å²) in [7, 11) is 0. The molecule has 1 aromatic heterocycles. The lowest BCUT2D eigenvalue weighted by atomic mass is 10.00. The number of carbonyl (C=O) groups excluding carboxylic acids is 1. The van der Waals surface area contributed by atoms with Crippen LogP contribution in [0.25, 0.3) is 11.0 Å². The zero-order valence-corrected chi connectivity index (χ0v) is 13.9. The van der Waals surface area contributed by atoms with E-state index in [9.17, 15) is 4.79 Å². The Morgan fingerprint density at radius 1 is 1.17 bits per heavy atom. The summed E-state index contributed by atoms with van der Waals surface area (Å²) < 4.78 is 5.55. The highest BCUT2D eigenvalue weighted by molar-refractivity contribution is 6.30. The predicted molar refractivity (Wildman–Crippen MR) is 94.1 cm³/mol. The maximum absolute atomic E-state index is 12.2. The molecule has 0 radical (unpaired) electrons. The van der Waals surface area contributed by atoms with Crippen molar-refractivity contribution in [2.75, 3.05) is 5.32 Å². The van der Waals surface area contributed by atoms with Crippen molar-refractivity contribution in [3.05, 3.63) is 64.9 Å². The Bertz CT molecular complexity index is 834. The molecule has 0 saturated heterocycles. The Labute approximate surface area is 140 Å². The number of hydrogen-bond donors (Lipinski definition) is 1. The van der Waals surface area contributed by atoms with E-state index in [-0.39, 0.29) is 12.3 Å². The van der Waals surface area contributed by atoms with E-state index >= 15 is 0 Å². The molecule has 1 heterocycles. The summed E-state index contributed by atoms with van der Waals surface area (Å²) in [6.07, 6.45) is 1.94. The number of amides is 1. The molecule has 3 rings (SSSR count). The van der Waals surface area contributed by atoms with Crippen molar-refractivity contribution in [2.45, 2.75) is 26.2 Å². The van der Waals surface area contributed by atoms with Gasteiger partial charge in [-0.25, -0.2) is 0 Å². The zero-order valence-electron chi connectivity index (χ0n) is 13.1. The molecule has 0 saturated carbocycles. The van der Waals surface area contributed by atoms with E-state index in [4.69, 9.17) is 16.0 Å². The van der Waals surface area contributed by atoms with E-state index in [1.165, 1.54) is 5.56 Å². The largest absolute Gasteiger partial charge is 0.464 e. The summed E-state index contributed by atoms with van der Waals surface area (Å²) in [4.78, 5) is 12.2. The van der Waals surface area contributed by atoms with Crippen LogP contribution in [0.5, 0.6) is 0 Å². The molecule has 0 unspecified atom stereocenters. The summed E-state index contributed by atoms with van der Waals surface area (Å²) in [5.41, 5.74) is 3.67. The molecular weight excluding hydrogens is 310 g/mol. The van der Waals surface area contributed by atoms with Crippen LogP contribution in [0.1, 0.15) is 30.9 Å². The molecule has 0 aliphatic heterocycles. The molecule has 0 bridgehead atoms. The van der Waals surface area contributed by atoms with Crippen molar-refractivity contribution in [1.82, 2.24) is 0 Å². The summed E-state index contributed by atoms with van der Waals surface area (Å²) in [5, 5.41) is 4.52.